The molecule has 0 aliphatic rings. The standard InChI is InChI=1S/C12H16BrClN2O/c1-3-16(2)7-6-15-12(17)10-5-4-9(14)8-11(10)13/h4-5,8H,3,6-7H2,1-2H3,(H,15,17). The molecule has 0 saturated carbocycles. The minimum atomic E-state index is -0.0851. The summed E-state index contributed by atoms with van der Waals surface area (Å²) in [7, 11) is 2.02. The number of amides is 1. The van der Waals surface area contributed by atoms with Gasteiger partial charge in [-0.2, -0.15) is 0 Å². The van der Waals surface area contributed by atoms with E-state index in [0.29, 0.717) is 21.6 Å². The summed E-state index contributed by atoms with van der Waals surface area (Å²) in [5.74, 6) is -0.0851. The molecule has 1 amide bonds. The molecular weight excluding hydrogens is 304 g/mol. The summed E-state index contributed by atoms with van der Waals surface area (Å²) < 4.78 is 0.714. The van der Waals surface area contributed by atoms with Crippen LogP contribution in [0.5, 0.6) is 0 Å². The van der Waals surface area contributed by atoms with Gasteiger partial charge in [0.05, 0.1) is 5.56 Å². The number of carbonyl (C=O) groups is 1. The van der Waals surface area contributed by atoms with Crippen molar-refractivity contribution in [3.05, 3.63) is 33.3 Å². The zero-order chi connectivity index (χ0) is 12.8. The summed E-state index contributed by atoms with van der Waals surface area (Å²) in [5, 5.41) is 3.48. The van der Waals surface area contributed by atoms with Crippen LogP contribution in [0.4, 0.5) is 0 Å². The average Bonchev–Trinajstić information content (AvgIpc) is 2.28. The van der Waals surface area contributed by atoms with Gasteiger partial charge in [0.15, 0.2) is 0 Å². The second kappa shape index (κ2) is 6.99. The molecule has 17 heavy (non-hydrogen) atoms. The van der Waals surface area contributed by atoms with Crippen LogP contribution in [0.2, 0.25) is 5.02 Å². The topological polar surface area (TPSA) is 32.3 Å². The molecule has 0 saturated heterocycles. The van der Waals surface area contributed by atoms with Gasteiger partial charge in [-0.25, -0.2) is 0 Å². The first-order valence-electron chi connectivity index (χ1n) is 5.46. The number of nitrogens with one attached hydrogen (secondary N) is 1. The Morgan fingerprint density at radius 1 is 1.53 bits per heavy atom. The van der Waals surface area contributed by atoms with Gasteiger partial charge >= 0.3 is 0 Å². The van der Waals surface area contributed by atoms with E-state index in [0.717, 1.165) is 13.1 Å². The molecule has 0 aromatic heterocycles. The van der Waals surface area contributed by atoms with Crippen LogP contribution < -0.4 is 5.32 Å². The van der Waals surface area contributed by atoms with Gasteiger partial charge in [0.2, 0.25) is 0 Å². The molecule has 0 aliphatic carbocycles. The molecule has 0 radical (unpaired) electrons. The van der Waals surface area contributed by atoms with Gasteiger partial charge in [0.1, 0.15) is 0 Å². The normalized spacial score (nSPS) is 10.6. The first-order chi connectivity index (χ1) is 8.04. The van der Waals surface area contributed by atoms with E-state index in [1.807, 2.05) is 7.05 Å². The molecule has 1 aromatic rings. The van der Waals surface area contributed by atoms with E-state index in [2.05, 4.69) is 33.1 Å². The maximum atomic E-state index is 11.8. The van der Waals surface area contributed by atoms with Crippen molar-refractivity contribution in [3.63, 3.8) is 0 Å². The molecule has 94 valence electrons. The fourth-order valence-electron chi connectivity index (χ4n) is 1.29. The van der Waals surface area contributed by atoms with Gasteiger partial charge < -0.3 is 10.2 Å². The summed E-state index contributed by atoms with van der Waals surface area (Å²) >= 11 is 9.14. The predicted molar refractivity (Wildman–Crippen MR) is 74.7 cm³/mol. The van der Waals surface area contributed by atoms with E-state index in [4.69, 9.17) is 11.6 Å². The maximum Gasteiger partial charge on any atom is 0.252 e. The first kappa shape index (κ1) is 14.5. The number of nitrogens with zero attached hydrogens (tertiary/aromatic N) is 1. The summed E-state index contributed by atoms with van der Waals surface area (Å²) in [5.41, 5.74) is 0.605. The van der Waals surface area contributed by atoms with Crippen LogP contribution in [0.25, 0.3) is 0 Å². The molecule has 0 fully saturated rings. The van der Waals surface area contributed by atoms with Crippen LogP contribution in [0.3, 0.4) is 0 Å². The third-order valence-corrected chi connectivity index (χ3v) is 3.39. The van der Waals surface area contributed by atoms with E-state index >= 15 is 0 Å². The van der Waals surface area contributed by atoms with Crippen molar-refractivity contribution >= 4 is 33.4 Å². The molecule has 0 heterocycles. The Morgan fingerprint density at radius 3 is 2.82 bits per heavy atom. The highest BCUT2D eigenvalue weighted by molar-refractivity contribution is 9.10. The van der Waals surface area contributed by atoms with E-state index in [1.54, 1.807) is 18.2 Å². The lowest BCUT2D eigenvalue weighted by Gasteiger charge is -2.14. The minimum absolute atomic E-state index is 0.0851. The Hall–Kier alpha value is -0.580. The van der Waals surface area contributed by atoms with E-state index in [1.165, 1.54) is 0 Å². The molecule has 5 heteroatoms. The Balaban J connectivity index is 2.52. The second-order valence-corrected chi connectivity index (χ2v) is 5.07. The third kappa shape index (κ3) is 4.66. The molecule has 1 N–H and O–H groups in total. The number of rotatable bonds is 5. The zero-order valence-electron chi connectivity index (χ0n) is 9.96. The molecule has 0 bridgehead atoms. The molecule has 1 aromatic carbocycles. The van der Waals surface area contributed by atoms with Crippen LogP contribution in [-0.2, 0) is 0 Å². The number of benzene rings is 1. The van der Waals surface area contributed by atoms with Gasteiger partial charge in [-0.15, -0.1) is 0 Å². The van der Waals surface area contributed by atoms with Gasteiger partial charge in [-0.3, -0.25) is 4.79 Å². The molecule has 1 rings (SSSR count). The Labute approximate surface area is 115 Å². The van der Waals surface area contributed by atoms with Gasteiger partial charge in [-0.05, 0) is 47.7 Å². The third-order valence-electron chi connectivity index (χ3n) is 2.49. The van der Waals surface area contributed by atoms with Crippen molar-refractivity contribution in [2.24, 2.45) is 0 Å². The zero-order valence-corrected chi connectivity index (χ0v) is 12.3. The van der Waals surface area contributed by atoms with Crippen molar-refractivity contribution < 1.29 is 4.79 Å². The van der Waals surface area contributed by atoms with Crippen LogP contribution in [0, 0.1) is 0 Å². The fourth-order valence-corrected chi connectivity index (χ4v) is 2.15. The van der Waals surface area contributed by atoms with Gasteiger partial charge in [0, 0.05) is 22.6 Å². The van der Waals surface area contributed by atoms with Gasteiger partial charge in [-0.1, -0.05) is 18.5 Å². The van der Waals surface area contributed by atoms with E-state index in [-0.39, 0.29) is 5.91 Å². The van der Waals surface area contributed by atoms with Crippen molar-refractivity contribution in [1.29, 1.82) is 0 Å². The molecule has 0 atom stereocenters. The molecular formula is C12H16BrClN2O. The van der Waals surface area contributed by atoms with Crippen LogP contribution in [0.1, 0.15) is 17.3 Å². The summed E-state index contributed by atoms with van der Waals surface area (Å²) in [6.45, 7) is 4.53. The molecule has 0 aliphatic heterocycles. The molecule has 3 nitrogen and oxygen atoms in total. The number of halogens is 2. The van der Waals surface area contributed by atoms with Crippen LogP contribution >= 0.6 is 27.5 Å². The van der Waals surface area contributed by atoms with Gasteiger partial charge in [0.25, 0.3) is 5.91 Å². The lowest BCUT2D eigenvalue weighted by atomic mass is 10.2. The van der Waals surface area contributed by atoms with Crippen LogP contribution in [0.15, 0.2) is 22.7 Å². The minimum Gasteiger partial charge on any atom is -0.351 e. The Bertz CT molecular complexity index is 398. The van der Waals surface area contributed by atoms with Crippen molar-refractivity contribution in [2.75, 3.05) is 26.7 Å². The highest BCUT2D eigenvalue weighted by Crippen LogP contribution is 2.21. The van der Waals surface area contributed by atoms with E-state index < -0.39 is 0 Å². The highest BCUT2D eigenvalue weighted by Gasteiger charge is 2.09. The fraction of sp³-hybridized carbons (Fsp3) is 0.417. The highest BCUT2D eigenvalue weighted by atomic mass is 79.9. The number of hydrogen-bond donors (Lipinski definition) is 1. The maximum absolute atomic E-state index is 11.8. The van der Waals surface area contributed by atoms with Crippen LogP contribution in [-0.4, -0.2) is 37.5 Å². The second-order valence-electron chi connectivity index (χ2n) is 3.78. The smallest absolute Gasteiger partial charge is 0.252 e. The lowest BCUT2D eigenvalue weighted by molar-refractivity contribution is 0.0949. The lowest BCUT2D eigenvalue weighted by Crippen LogP contribution is -2.33. The molecule has 0 spiro atoms. The Morgan fingerprint density at radius 2 is 2.24 bits per heavy atom. The van der Waals surface area contributed by atoms with Crippen molar-refractivity contribution in [2.45, 2.75) is 6.92 Å². The first-order valence-corrected chi connectivity index (χ1v) is 6.63. The summed E-state index contributed by atoms with van der Waals surface area (Å²) in [4.78, 5) is 14.0. The largest absolute Gasteiger partial charge is 0.351 e. The SMILES string of the molecule is CCN(C)CCNC(=O)c1ccc(Cl)cc1Br. The number of carbonyl (C=O) groups excluding carboxylic acids is 1. The quantitative estimate of drug-likeness (QED) is 0.905. The predicted octanol–water partition coefficient (Wildman–Crippen LogP) is 2.78. The van der Waals surface area contributed by atoms with Crippen molar-refractivity contribution in [3.8, 4) is 0 Å². The van der Waals surface area contributed by atoms with Crippen molar-refractivity contribution in [1.82, 2.24) is 10.2 Å². The summed E-state index contributed by atoms with van der Waals surface area (Å²) in [6.07, 6.45) is 0. The monoisotopic (exact) mass is 318 g/mol. The number of likely N-dealkylation sites (N-methyl/N-ethyl adjacent to an activating group) is 1. The summed E-state index contributed by atoms with van der Waals surface area (Å²) in [6, 6.07) is 5.14. The van der Waals surface area contributed by atoms with E-state index in [9.17, 15) is 4.79 Å². The average molecular weight is 320 g/mol. The molecule has 0 unspecified atom stereocenters. The number of hydrogen-bond acceptors (Lipinski definition) is 2. The Kier molecular flexibility index (Phi) is 5.95.